The standard InChI is InChI=1S/C19H27FN4OS/c1-21-18(22-8-10-26-12-15-5-2-3-6-16(15)20)24-9-4-7-19(14-24)11-17(25)23-13-19/h2-3,5-6H,4,7-14H2,1H3,(H,21,22)(H,23,25). The van der Waals surface area contributed by atoms with E-state index in [9.17, 15) is 9.18 Å². The van der Waals surface area contributed by atoms with Crippen LogP contribution in [0.1, 0.15) is 24.8 Å². The average Bonchev–Trinajstić information content (AvgIpc) is 2.99. The lowest BCUT2D eigenvalue weighted by Gasteiger charge is -2.40. The summed E-state index contributed by atoms with van der Waals surface area (Å²) >= 11 is 1.71. The Morgan fingerprint density at radius 1 is 1.46 bits per heavy atom. The maximum atomic E-state index is 13.6. The Balaban J connectivity index is 1.43. The molecule has 2 aliphatic rings. The lowest BCUT2D eigenvalue weighted by atomic mass is 9.79. The van der Waals surface area contributed by atoms with Gasteiger partial charge in [0.15, 0.2) is 5.96 Å². The quantitative estimate of drug-likeness (QED) is 0.469. The predicted molar refractivity (Wildman–Crippen MR) is 105 cm³/mol. The van der Waals surface area contributed by atoms with Gasteiger partial charge in [0.25, 0.3) is 0 Å². The molecule has 5 nitrogen and oxygen atoms in total. The zero-order chi connectivity index (χ0) is 18.4. The summed E-state index contributed by atoms with van der Waals surface area (Å²) in [6.45, 7) is 3.40. The number of carbonyl (C=O) groups excluding carboxylic acids is 1. The maximum absolute atomic E-state index is 13.6. The number of hydrogen-bond donors (Lipinski definition) is 2. The Labute approximate surface area is 158 Å². The molecule has 1 amide bonds. The Morgan fingerprint density at radius 3 is 3.04 bits per heavy atom. The SMILES string of the molecule is CN=C(NCCSCc1ccccc1F)N1CCCC2(CNC(=O)C2)C1. The van der Waals surface area contributed by atoms with Crippen molar-refractivity contribution in [1.29, 1.82) is 0 Å². The van der Waals surface area contributed by atoms with Crippen LogP contribution in [0.2, 0.25) is 0 Å². The highest BCUT2D eigenvalue weighted by Gasteiger charge is 2.42. The van der Waals surface area contributed by atoms with Crippen LogP contribution < -0.4 is 10.6 Å². The summed E-state index contributed by atoms with van der Waals surface area (Å²) < 4.78 is 13.6. The number of benzene rings is 1. The molecule has 1 atom stereocenters. The van der Waals surface area contributed by atoms with Crippen molar-refractivity contribution in [2.24, 2.45) is 10.4 Å². The van der Waals surface area contributed by atoms with Gasteiger partial charge >= 0.3 is 0 Å². The number of halogens is 1. The summed E-state index contributed by atoms with van der Waals surface area (Å²) in [4.78, 5) is 18.3. The molecule has 2 saturated heterocycles. The molecule has 0 saturated carbocycles. The number of hydrogen-bond acceptors (Lipinski definition) is 3. The molecule has 142 valence electrons. The highest BCUT2D eigenvalue weighted by atomic mass is 32.2. The molecule has 2 N–H and O–H groups in total. The van der Waals surface area contributed by atoms with Gasteiger partial charge < -0.3 is 15.5 Å². The van der Waals surface area contributed by atoms with Crippen molar-refractivity contribution >= 4 is 23.6 Å². The summed E-state index contributed by atoms with van der Waals surface area (Å²) in [5.74, 6) is 2.48. The van der Waals surface area contributed by atoms with Crippen LogP contribution >= 0.6 is 11.8 Å². The number of thioether (sulfide) groups is 1. The molecule has 2 heterocycles. The number of nitrogens with zero attached hydrogens (tertiary/aromatic N) is 2. The smallest absolute Gasteiger partial charge is 0.220 e. The summed E-state index contributed by atoms with van der Waals surface area (Å²) in [6.07, 6.45) is 2.80. The molecule has 1 aromatic carbocycles. The highest BCUT2D eigenvalue weighted by molar-refractivity contribution is 7.98. The lowest BCUT2D eigenvalue weighted by Crippen LogP contribution is -2.51. The highest BCUT2D eigenvalue weighted by Crippen LogP contribution is 2.35. The zero-order valence-corrected chi connectivity index (χ0v) is 16.1. The van der Waals surface area contributed by atoms with Crippen molar-refractivity contribution in [2.45, 2.75) is 25.0 Å². The van der Waals surface area contributed by atoms with Crippen LogP contribution in [0.5, 0.6) is 0 Å². The third-order valence-corrected chi connectivity index (χ3v) is 6.12. The first kappa shape index (κ1) is 19.0. The molecule has 0 bridgehead atoms. The number of aliphatic imine (C=N–C) groups is 1. The molecular formula is C19H27FN4OS. The Morgan fingerprint density at radius 2 is 2.31 bits per heavy atom. The van der Waals surface area contributed by atoms with E-state index in [1.54, 1.807) is 24.9 Å². The van der Waals surface area contributed by atoms with Crippen LogP contribution in [-0.2, 0) is 10.5 Å². The van der Waals surface area contributed by atoms with Crippen LogP contribution in [0.3, 0.4) is 0 Å². The largest absolute Gasteiger partial charge is 0.355 e. The molecule has 1 unspecified atom stereocenters. The van der Waals surface area contributed by atoms with Gasteiger partial charge in [-0.15, -0.1) is 0 Å². The minimum absolute atomic E-state index is 0.0620. The molecule has 1 spiro atoms. The first-order valence-corrected chi connectivity index (χ1v) is 10.3. The number of likely N-dealkylation sites (tertiary alicyclic amines) is 1. The third kappa shape index (κ3) is 4.69. The minimum atomic E-state index is -0.137. The van der Waals surface area contributed by atoms with Gasteiger partial charge in [0.1, 0.15) is 5.82 Å². The van der Waals surface area contributed by atoms with Gasteiger partial charge in [-0.25, -0.2) is 4.39 Å². The average molecular weight is 379 g/mol. The van der Waals surface area contributed by atoms with Crippen LogP contribution in [0.4, 0.5) is 4.39 Å². The van der Waals surface area contributed by atoms with Crippen molar-refractivity contribution in [3.05, 3.63) is 35.6 Å². The number of carbonyl (C=O) groups is 1. The van der Waals surface area contributed by atoms with Crippen LogP contribution in [0, 0.1) is 11.2 Å². The van der Waals surface area contributed by atoms with Gasteiger partial charge in [-0.05, 0) is 24.5 Å². The van der Waals surface area contributed by atoms with E-state index in [4.69, 9.17) is 0 Å². The molecular weight excluding hydrogens is 351 g/mol. The fourth-order valence-corrected chi connectivity index (χ4v) is 4.64. The van der Waals surface area contributed by atoms with E-state index in [0.29, 0.717) is 12.2 Å². The fourth-order valence-electron chi connectivity index (χ4n) is 3.79. The van der Waals surface area contributed by atoms with Crippen LogP contribution in [-0.4, -0.2) is 55.7 Å². The Hall–Kier alpha value is -1.76. The van der Waals surface area contributed by atoms with Crippen molar-refractivity contribution < 1.29 is 9.18 Å². The van der Waals surface area contributed by atoms with E-state index < -0.39 is 0 Å². The second kappa shape index (κ2) is 8.75. The molecule has 7 heteroatoms. The Kier molecular flexibility index (Phi) is 6.40. The topological polar surface area (TPSA) is 56.7 Å². The van der Waals surface area contributed by atoms with Gasteiger partial charge in [-0.3, -0.25) is 9.79 Å². The van der Waals surface area contributed by atoms with E-state index in [2.05, 4.69) is 20.5 Å². The van der Waals surface area contributed by atoms with E-state index in [1.165, 1.54) is 6.07 Å². The van der Waals surface area contributed by atoms with Crippen LogP contribution in [0.15, 0.2) is 29.3 Å². The van der Waals surface area contributed by atoms with Gasteiger partial charge in [-0.1, -0.05) is 18.2 Å². The van der Waals surface area contributed by atoms with Crippen molar-refractivity contribution in [2.75, 3.05) is 39.0 Å². The van der Waals surface area contributed by atoms with Gasteiger partial charge in [0.05, 0.1) is 0 Å². The number of amides is 1. The van der Waals surface area contributed by atoms with E-state index in [0.717, 1.165) is 56.3 Å². The molecule has 1 aromatic rings. The van der Waals surface area contributed by atoms with Gasteiger partial charge in [-0.2, -0.15) is 11.8 Å². The van der Waals surface area contributed by atoms with Crippen LogP contribution in [0.25, 0.3) is 0 Å². The zero-order valence-electron chi connectivity index (χ0n) is 15.3. The first-order chi connectivity index (χ1) is 12.6. The summed E-state index contributed by atoms with van der Waals surface area (Å²) in [6, 6.07) is 6.92. The molecule has 2 aliphatic heterocycles. The molecule has 26 heavy (non-hydrogen) atoms. The molecule has 2 fully saturated rings. The fraction of sp³-hybridized carbons (Fsp3) is 0.579. The van der Waals surface area contributed by atoms with Crippen molar-refractivity contribution in [3.8, 4) is 0 Å². The normalized spacial score (nSPS) is 23.4. The van der Waals surface area contributed by atoms with Crippen molar-refractivity contribution in [1.82, 2.24) is 15.5 Å². The molecule has 0 aromatic heterocycles. The number of nitrogens with one attached hydrogen (secondary N) is 2. The molecule has 3 rings (SSSR count). The Bertz CT molecular complexity index is 669. The number of piperidine rings is 1. The minimum Gasteiger partial charge on any atom is -0.355 e. The summed E-state index contributed by atoms with van der Waals surface area (Å²) in [7, 11) is 1.80. The summed E-state index contributed by atoms with van der Waals surface area (Å²) in [5, 5.41) is 6.39. The molecule has 0 aliphatic carbocycles. The molecule has 0 radical (unpaired) electrons. The van der Waals surface area contributed by atoms with E-state index in [-0.39, 0.29) is 17.1 Å². The summed E-state index contributed by atoms with van der Waals surface area (Å²) in [5.41, 5.74) is 0.810. The first-order valence-electron chi connectivity index (χ1n) is 9.15. The second-order valence-corrected chi connectivity index (χ2v) is 8.20. The van der Waals surface area contributed by atoms with E-state index >= 15 is 0 Å². The third-order valence-electron chi connectivity index (χ3n) is 5.11. The van der Waals surface area contributed by atoms with Gasteiger partial charge in [0, 0.05) is 56.6 Å². The number of rotatable bonds is 5. The second-order valence-electron chi connectivity index (χ2n) is 7.10. The number of guanidine groups is 1. The lowest BCUT2D eigenvalue weighted by molar-refractivity contribution is -0.119. The monoisotopic (exact) mass is 378 g/mol. The maximum Gasteiger partial charge on any atom is 0.220 e. The van der Waals surface area contributed by atoms with Gasteiger partial charge in [0.2, 0.25) is 5.91 Å². The van der Waals surface area contributed by atoms with E-state index in [1.807, 2.05) is 12.1 Å². The van der Waals surface area contributed by atoms with Crippen molar-refractivity contribution in [3.63, 3.8) is 0 Å². The predicted octanol–water partition coefficient (Wildman–Crippen LogP) is 2.24.